The first kappa shape index (κ1) is 23.4. The average molecular weight is 397 g/mol. The zero-order valence-corrected chi connectivity index (χ0v) is 18.0. The van der Waals surface area contributed by atoms with Crippen LogP contribution in [0.25, 0.3) is 6.08 Å². The van der Waals surface area contributed by atoms with Gasteiger partial charge in [0.15, 0.2) is 5.73 Å². The van der Waals surface area contributed by atoms with Crippen LogP contribution in [0.2, 0.25) is 0 Å². The summed E-state index contributed by atoms with van der Waals surface area (Å²) >= 11 is 0. The summed E-state index contributed by atoms with van der Waals surface area (Å²) in [6, 6.07) is 7.48. The van der Waals surface area contributed by atoms with E-state index in [4.69, 9.17) is 18.0 Å². The molecule has 0 aliphatic heterocycles. The normalized spacial score (nSPS) is 12.9. The van der Waals surface area contributed by atoms with E-state index in [1.54, 1.807) is 6.08 Å². The van der Waals surface area contributed by atoms with E-state index < -0.39 is 8.80 Å². The maximum absolute atomic E-state index is 11.2. The van der Waals surface area contributed by atoms with E-state index in [2.05, 4.69) is 11.7 Å². The van der Waals surface area contributed by atoms with Gasteiger partial charge < -0.3 is 22.8 Å². The highest BCUT2D eigenvalue weighted by Gasteiger charge is 2.51. The Bertz CT molecular complexity index is 555. The maximum atomic E-state index is 11.2. The number of esters is 1. The van der Waals surface area contributed by atoms with Gasteiger partial charge in [0.2, 0.25) is 0 Å². The van der Waals surface area contributed by atoms with Crippen LogP contribution in [0.15, 0.2) is 30.3 Å². The average Bonchev–Trinajstić information content (AvgIpc) is 2.67. The highest BCUT2D eigenvalue weighted by molar-refractivity contribution is 6.62. The third-order valence-electron chi connectivity index (χ3n) is 3.75. The van der Waals surface area contributed by atoms with Crippen molar-refractivity contribution in [1.82, 2.24) is 0 Å². The number of rotatable bonds is 13. The zero-order chi connectivity index (χ0) is 20.1. The first-order valence-corrected chi connectivity index (χ1v) is 11.3. The molecule has 0 aliphatic carbocycles. The molecule has 0 amide bonds. The van der Waals surface area contributed by atoms with Crippen molar-refractivity contribution in [2.75, 3.05) is 26.9 Å². The molecule has 1 aromatic rings. The summed E-state index contributed by atoms with van der Waals surface area (Å²) in [6.07, 6.45) is 4.77. The summed E-state index contributed by atoms with van der Waals surface area (Å²) in [5.74, 6) is 0.318. The third kappa shape index (κ3) is 7.46. The van der Waals surface area contributed by atoms with Crippen molar-refractivity contribution < 1.29 is 27.5 Å². The molecule has 1 unspecified atom stereocenters. The summed E-state index contributed by atoms with van der Waals surface area (Å²) < 4.78 is 28.9. The molecule has 27 heavy (non-hydrogen) atoms. The Labute approximate surface area is 163 Å². The number of benzene rings is 1. The van der Waals surface area contributed by atoms with Crippen molar-refractivity contribution in [1.29, 1.82) is 0 Å². The van der Waals surface area contributed by atoms with Gasteiger partial charge >= 0.3 is 14.8 Å². The Morgan fingerprint density at radius 2 is 1.56 bits per heavy atom. The van der Waals surface area contributed by atoms with Gasteiger partial charge in [-0.05, 0) is 51.0 Å². The number of hydrogen-bond donors (Lipinski definition) is 0. The Hall–Kier alpha value is -1.67. The minimum Gasteiger partial charge on any atom is -0.486 e. The smallest absolute Gasteiger partial charge is 0.486 e. The van der Waals surface area contributed by atoms with Crippen LogP contribution in [0.4, 0.5) is 0 Å². The lowest BCUT2D eigenvalue weighted by Gasteiger charge is -2.35. The molecule has 0 saturated heterocycles. The molecule has 1 atom stereocenters. The lowest BCUT2D eigenvalue weighted by Crippen LogP contribution is -2.58. The van der Waals surface area contributed by atoms with Crippen molar-refractivity contribution in [3.05, 3.63) is 35.9 Å². The molecule has 0 aliphatic rings. The lowest BCUT2D eigenvalue weighted by molar-refractivity contribution is -0.134. The highest BCUT2D eigenvalue weighted by atomic mass is 28.4. The fourth-order valence-corrected chi connectivity index (χ4v) is 5.57. The molecule has 1 rings (SSSR count). The molecule has 7 heteroatoms. The molecule has 0 saturated carbocycles. The van der Waals surface area contributed by atoms with Crippen molar-refractivity contribution in [3.63, 3.8) is 0 Å². The molecule has 0 radical (unpaired) electrons. The SMILES string of the molecule is CCCC(Oc1ccc(/C=C/C(=O)OC)cc1)[Si](OCC)(OCC)OCC. The van der Waals surface area contributed by atoms with Gasteiger partial charge in [0.05, 0.1) is 7.11 Å². The number of hydrogen-bond acceptors (Lipinski definition) is 6. The molecule has 1 aromatic carbocycles. The third-order valence-corrected chi connectivity index (χ3v) is 7.02. The quantitative estimate of drug-likeness (QED) is 0.285. The van der Waals surface area contributed by atoms with E-state index in [0.717, 1.165) is 18.4 Å². The summed E-state index contributed by atoms with van der Waals surface area (Å²) in [4.78, 5) is 11.2. The van der Waals surface area contributed by atoms with E-state index in [-0.39, 0.29) is 11.7 Å². The fraction of sp³-hybridized carbons (Fsp3) is 0.550. The number of methoxy groups -OCH3 is 1. The van der Waals surface area contributed by atoms with E-state index in [0.29, 0.717) is 25.6 Å². The number of carbonyl (C=O) groups is 1. The van der Waals surface area contributed by atoms with Crippen molar-refractivity contribution in [3.8, 4) is 5.75 Å². The Morgan fingerprint density at radius 1 is 1.00 bits per heavy atom. The van der Waals surface area contributed by atoms with Gasteiger partial charge in [0.25, 0.3) is 0 Å². The van der Waals surface area contributed by atoms with Gasteiger partial charge in [0.1, 0.15) is 5.75 Å². The summed E-state index contributed by atoms with van der Waals surface area (Å²) in [7, 11) is -1.62. The topological polar surface area (TPSA) is 63.2 Å². The van der Waals surface area contributed by atoms with E-state index in [1.807, 2.05) is 45.0 Å². The summed E-state index contributed by atoms with van der Waals surface area (Å²) in [6.45, 7) is 9.43. The standard InChI is InChI=1S/C20H32O6Si/c1-6-10-20(27(23-7-2,24-8-3)25-9-4)26-18-14-11-17(12-15-18)13-16-19(21)22-5/h11-16,20H,6-10H2,1-5H3/b16-13+. The van der Waals surface area contributed by atoms with Crippen LogP contribution in [-0.4, -0.2) is 47.4 Å². The zero-order valence-electron chi connectivity index (χ0n) is 17.0. The first-order chi connectivity index (χ1) is 13.0. The van der Waals surface area contributed by atoms with Gasteiger partial charge in [-0.3, -0.25) is 0 Å². The van der Waals surface area contributed by atoms with Crippen LogP contribution < -0.4 is 4.74 Å². The van der Waals surface area contributed by atoms with Crippen LogP contribution in [0.5, 0.6) is 5.75 Å². The Morgan fingerprint density at radius 3 is 2.00 bits per heavy atom. The van der Waals surface area contributed by atoms with Crippen LogP contribution in [0.3, 0.4) is 0 Å². The van der Waals surface area contributed by atoms with Gasteiger partial charge in [-0.1, -0.05) is 25.5 Å². The molecule has 0 fully saturated rings. The van der Waals surface area contributed by atoms with Gasteiger partial charge in [0, 0.05) is 25.9 Å². The van der Waals surface area contributed by atoms with Crippen molar-refractivity contribution >= 4 is 20.8 Å². The van der Waals surface area contributed by atoms with Crippen LogP contribution in [-0.2, 0) is 22.8 Å². The Balaban J connectivity index is 2.99. The fourth-order valence-electron chi connectivity index (χ4n) is 2.63. The molecule has 0 aromatic heterocycles. The largest absolute Gasteiger partial charge is 0.543 e. The number of carbonyl (C=O) groups excluding carboxylic acids is 1. The molecular weight excluding hydrogens is 364 g/mol. The molecule has 0 bridgehead atoms. The van der Waals surface area contributed by atoms with E-state index in [1.165, 1.54) is 13.2 Å². The molecule has 0 N–H and O–H groups in total. The van der Waals surface area contributed by atoms with Crippen LogP contribution in [0.1, 0.15) is 46.1 Å². The highest BCUT2D eigenvalue weighted by Crippen LogP contribution is 2.25. The summed E-state index contributed by atoms with van der Waals surface area (Å²) in [5.41, 5.74) is 0.599. The van der Waals surface area contributed by atoms with Crippen LogP contribution in [0, 0.1) is 0 Å². The maximum Gasteiger partial charge on any atom is 0.543 e. The molecule has 152 valence electrons. The Kier molecular flexibility index (Phi) is 11.0. The minimum atomic E-state index is -2.97. The minimum absolute atomic E-state index is 0.279. The monoisotopic (exact) mass is 396 g/mol. The first-order valence-electron chi connectivity index (χ1n) is 9.49. The van der Waals surface area contributed by atoms with Gasteiger partial charge in [-0.15, -0.1) is 0 Å². The van der Waals surface area contributed by atoms with E-state index >= 15 is 0 Å². The second-order valence-electron chi connectivity index (χ2n) is 5.72. The second-order valence-corrected chi connectivity index (χ2v) is 8.44. The molecule has 0 heterocycles. The predicted molar refractivity (Wildman–Crippen MR) is 107 cm³/mol. The molecule has 0 spiro atoms. The van der Waals surface area contributed by atoms with Gasteiger partial charge in [-0.2, -0.15) is 0 Å². The summed E-state index contributed by atoms with van der Waals surface area (Å²) in [5, 5.41) is 0. The predicted octanol–water partition coefficient (Wildman–Crippen LogP) is 4.01. The molecular formula is C20H32O6Si. The molecule has 6 nitrogen and oxygen atoms in total. The lowest BCUT2D eigenvalue weighted by atomic mass is 10.2. The van der Waals surface area contributed by atoms with Crippen molar-refractivity contribution in [2.24, 2.45) is 0 Å². The van der Waals surface area contributed by atoms with Gasteiger partial charge in [-0.25, -0.2) is 4.79 Å². The van der Waals surface area contributed by atoms with Crippen LogP contribution >= 0.6 is 0 Å². The van der Waals surface area contributed by atoms with E-state index in [9.17, 15) is 4.79 Å². The van der Waals surface area contributed by atoms with Crippen molar-refractivity contribution in [2.45, 2.75) is 46.3 Å². The second kappa shape index (κ2) is 12.7. The number of ether oxygens (including phenoxy) is 2.